The van der Waals surface area contributed by atoms with Crippen molar-refractivity contribution in [2.75, 3.05) is 0 Å². The van der Waals surface area contributed by atoms with Gasteiger partial charge in [0.05, 0.1) is 79.3 Å². The SMILES string of the molecule is [C-]#[N+]c1cccc(C(F)(F)F)c1-c1cc(-n2c3ccccc3c3ccc4c5ccccc5n(-c5ccccc5)c4c32)c(-n2c3ccccc3c3ccc4c5ccccc5n(-c5ccccc5)c4c32)cc1C#N. The van der Waals surface area contributed by atoms with Gasteiger partial charge in [0.2, 0.25) is 0 Å². The van der Waals surface area contributed by atoms with Crippen molar-refractivity contribution in [1.29, 1.82) is 5.26 Å². The third-order valence-electron chi connectivity index (χ3n) is 14.4. The van der Waals surface area contributed by atoms with Crippen LogP contribution in [0.2, 0.25) is 0 Å². The molecule has 14 aromatic rings. The number of benzene rings is 10. The van der Waals surface area contributed by atoms with Crippen LogP contribution in [0.1, 0.15) is 11.1 Å². The van der Waals surface area contributed by atoms with E-state index in [-0.39, 0.29) is 22.4 Å². The van der Waals surface area contributed by atoms with Crippen LogP contribution in [0.4, 0.5) is 18.9 Å². The summed E-state index contributed by atoms with van der Waals surface area (Å²) in [5.41, 5.74) is 8.56. The van der Waals surface area contributed by atoms with E-state index in [2.05, 4.69) is 120 Å². The third-order valence-corrected chi connectivity index (χ3v) is 14.4. The molecule has 0 aliphatic carbocycles. The first-order chi connectivity index (χ1) is 35.3. The molecule has 0 fully saturated rings. The fraction of sp³-hybridized carbons (Fsp3) is 0.0159. The number of nitriles is 1. The number of hydrogen-bond donors (Lipinski definition) is 0. The standard InChI is InChI=1S/C63H35F3N6/c1-68-51-26-16-25-50(63(64,65)66)58(51)49-36-57(72-55-30-15-11-24-44(55)48-34-32-46-42-22-9-13-28-53(42)70(60(46)62(48)72)40-19-6-3-7-20-40)56(35-38(49)37-67)71-54-29-14-10-23-43(54)47-33-31-45-41-21-8-12-27-52(41)69(59(45)61(47)71)39-17-4-2-5-18-39/h2-36H. The van der Waals surface area contributed by atoms with Crippen LogP contribution in [0, 0.1) is 17.9 Å². The van der Waals surface area contributed by atoms with Crippen molar-refractivity contribution in [3.05, 3.63) is 235 Å². The molecule has 0 spiro atoms. The first-order valence-electron chi connectivity index (χ1n) is 23.5. The molecule has 0 atom stereocenters. The zero-order chi connectivity index (χ0) is 48.4. The first-order valence-corrected chi connectivity index (χ1v) is 23.5. The predicted molar refractivity (Wildman–Crippen MR) is 285 cm³/mol. The topological polar surface area (TPSA) is 47.9 Å². The highest BCUT2D eigenvalue weighted by Gasteiger charge is 2.36. The number of hydrogen-bond acceptors (Lipinski definition) is 1. The lowest BCUT2D eigenvalue weighted by Gasteiger charge is -2.22. The summed E-state index contributed by atoms with van der Waals surface area (Å²) < 4.78 is 55.2. The van der Waals surface area contributed by atoms with Crippen molar-refractivity contribution in [1.82, 2.24) is 18.3 Å². The maximum atomic E-state index is 15.4. The summed E-state index contributed by atoms with van der Waals surface area (Å²) in [6.45, 7) is 8.23. The van der Waals surface area contributed by atoms with Crippen LogP contribution < -0.4 is 0 Å². The van der Waals surface area contributed by atoms with Crippen molar-refractivity contribution in [3.8, 4) is 39.9 Å². The number of aromatic nitrogens is 4. The number of para-hydroxylation sites is 6. The Morgan fingerprint density at radius 3 is 1.18 bits per heavy atom. The second-order valence-electron chi connectivity index (χ2n) is 18.1. The molecule has 338 valence electrons. The monoisotopic (exact) mass is 932 g/mol. The number of fused-ring (bicyclic) bond motifs is 14. The molecule has 10 aromatic carbocycles. The molecule has 0 saturated carbocycles. The summed E-state index contributed by atoms with van der Waals surface area (Å²) in [7, 11) is 0. The molecular weight excluding hydrogens is 898 g/mol. The van der Waals surface area contributed by atoms with Crippen molar-refractivity contribution < 1.29 is 13.2 Å². The molecule has 0 N–H and O–H groups in total. The molecule has 9 heteroatoms. The quantitative estimate of drug-likeness (QED) is 0.159. The van der Waals surface area contributed by atoms with Gasteiger partial charge in [0.1, 0.15) is 0 Å². The average molecular weight is 933 g/mol. The van der Waals surface area contributed by atoms with Gasteiger partial charge in [-0.25, -0.2) is 4.85 Å². The lowest BCUT2D eigenvalue weighted by atomic mass is 9.92. The minimum absolute atomic E-state index is 0.00111. The van der Waals surface area contributed by atoms with Crippen molar-refractivity contribution in [2.24, 2.45) is 0 Å². The zero-order valence-electron chi connectivity index (χ0n) is 38.0. The Bertz CT molecular complexity index is 4690. The molecular formula is C63H35F3N6. The Morgan fingerprint density at radius 1 is 0.403 bits per heavy atom. The molecule has 4 aromatic heterocycles. The normalized spacial score (nSPS) is 12.1. The molecule has 6 nitrogen and oxygen atoms in total. The molecule has 0 radical (unpaired) electrons. The van der Waals surface area contributed by atoms with E-state index in [1.54, 1.807) is 12.1 Å². The summed E-state index contributed by atoms with van der Waals surface area (Å²) in [5, 5.41) is 19.2. The summed E-state index contributed by atoms with van der Waals surface area (Å²) >= 11 is 0. The average Bonchev–Trinajstić information content (AvgIpc) is 4.16. The molecule has 72 heavy (non-hydrogen) atoms. The number of rotatable bonds is 5. The van der Waals surface area contributed by atoms with Crippen molar-refractivity contribution in [2.45, 2.75) is 6.18 Å². The lowest BCUT2D eigenvalue weighted by Crippen LogP contribution is -2.10. The second-order valence-corrected chi connectivity index (χ2v) is 18.1. The Morgan fingerprint density at radius 2 is 0.778 bits per heavy atom. The van der Waals surface area contributed by atoms with Crippen LogP contribution in [0.3, 0.4) is 0 Å². The third kappa shape index (κ3) is 5.70. The highest BCUT2D eigenvalue weighted by atomic mass is 19.4. The maximum Gasteiger partial charge on any atom is 0.415 e. The van der Waals surface area contributed by atoms with E-state index in [1.165, 1.54) is 12.1 Å². The molecule has 0 amide bonds. The number of nitrogens with zero attached hydrogens (tertiary/aromatic N) is 6. The van der Waals surface area contributed by atoms with Crippen molar-refractivity contribution >= 4 is 92.9 Å². The smallest absolute Gasteiger partial charge is 0.307 e. The summed E-state index contributed by atoms with van der Waals surface area (Å²) in [5.74, 6) is 0. The zero-order valence-corrected chi connectivity index (χ0v) is 38.0. The van der Waals surface area contributed by atoms with Gasteiger partial charge >= 0.3 is 6.18 Å². The first kappa shape index (κ1) is 41.2. The Hall–Kier alpha value is -9.83. The molecule has 0 saturated heterocycles. The Kier molecular flexibility index (Phi) is 8.77. The molecule has 4 heterocycles. The summed E-state index contributed by atoms with van der Waals surface area (Å²) in [6, 6.07) is 71.4. The van der Waals surface area contributed by atoms with Crippen LogP contribution in [-0.2, 0) is 6.18 Å². The van der Waals surface area contributed by atoms with Crippen LogP contribution in [0.5, 0.6) is 0 Å². The molecule has 0 bridgehead atoms. The van der Waals surface area contributed by atoms with Crippen LogP contribution >= 0.6 is 0 Å². The van der Waals surface area contributed by atoms with E-state index in [9.17, 15) is 5.26 Å². The van der Waals surface area contributed by atoms with Crippen LogP contribution in [-0.4, -0.2) is 18.3 Å². The van der Waals surface area contributed by atoms with Gasteiger partial charge in [0.15, 0.2) is 5.69 Å². The number of alkyl halides is 3. The van der Waals surface area contributed by atoms with Gasteiger partial charge in [0.25, 0.3) is 0 Å². The molecule has 0 aliphatic heterocycles. The minimum Gasteiger partial charge on any atom is -0.307 e. The van der Waals surface area contributed by atoms with Gasteiger partial charge in [-0.05, 0) is 66.2 Å². The lowest BCUT2D eigenvalue weighted by molar-refractivity contribution is -0.137. The summed E-state index contributed by atoms with van der Waals surface area (Å²) in [6.07, 6.45) is -4.85. The van der Waals surface area contributed by atoms with Gasteiger partial charge in [0, 0.05) is 60.0 Å². The summed E-state index contributed by atoms with van der Waals surface area (Å²) in [4.78, 5) is 3.67. The molecule has 14 rings (SSSR count). The highest BCUT2D eigenvalue weighted by Crippen LogP contribution is 2.49. The van der Waals surface area contributed by atoms with Gasteiger partial charge in [-0.3, -0.25) is 0 Å². The van der Waals surface area contributed by atoms with Gasteiger partial charge in [-0.1, -0.05) is 152 Å². The fourth-order valence-corrected chi connectivity index (χ4v) is 11.6. The second kappa shape index (κ2) is 15.3. The van der Waals surface area contributed by atoms with E-state index in [0.29, 0.717) is 11.4 Å². The minimum atomic E-state index is -4.85. The van der Waals surface area contributed by atoms with Gasteiger partial charge < -0.3 is 18.3 Å². The largest absolute Gasteiger partial charge is 0.415 e. The molecule has 0 aliphatic rings. The van der Waals surface area contributed by atoms with E-state index >= 15 is 13.2 Å². The van der Waals surface area contributed by atoms with Gasteiger partial charge in [-0.2, -0.15) is 18.4 Å². The maximum absolute atomic E-state index is 15.4. The highest BCUT2D eigenvalue weighted by molar-refractivity contribution is 6.26. The van der Waals surface area contributed by atoms with E-state index in [0.717, 1.165) is 105 Å². The van der Waals surface area contributed by atoms with Crippen LogP contribution in [0.15, 0.2) is 212 Å². The fourth-order valence-electron chi connectivity index (χ4n) is 11.6. The van der Waals surface area contributed by atoms with E-state index in [1.807, 2.05) is 91.0 Å². The Labute approximate surface area is 408 Å². The van der Waals surface area contributed by atoms with E-state index in [4.69, 9.17) is 6.57 Å². The Balaban J connectivity index is 1.25. The number of halogens is 3. The van der Waals surface area contributed by atoms with Gasteiger partial charge in [-0.15, -0.1) is 0 Å². The molecule has 0 unspecified atom stereocenters. The van der Waals surface area contributed by atoms with E-state index < -0.39 is 11.7 Å². The predicted octanol–water partition coefficient (Wildman–Crippen LogP) is 17.2. The van der Waals surface area contributed by atoms with Crippen LogP contribution in [0.25, 0.3) is 126 Å². The van der Waals surface area contributed by atoms with Crippen molar-refractivity contribution in [3.63, 3.8) is 0 Å².